The molecule has 0 saturated carbocycles. The van der Waals surface area contributed by atoms with Gasteiger partial charge in [0.2, 0.25) is 15.6 Å². The van der Waals surface area contributed by atoms with E-state index in [0.717, 1.165) is 44.9 Å². The summed E-state index contributed by atoms with van der Waals surface area (Å²) in [6.07, 6.45) is 0.560. The number of nitrogens with zero attached hydrogens (tertiary/aromatic N) is 2. The van der Waals surface area contributed by atoms with E-state index in [-0.39, 0.29) is 16.6 Å². The maximum absolute atomic E-state index is 13.2. The SMILES string of the molecule is CC(NS(=O)(=O)c1ccc(Cl)c2[nH]c(=O)ccc12)N1CCN(CCCOc2ccccc2)CC1. The molecule has 0 aliphatic carbocycles. The largest absolute Gasteiger partial charge is 0.494 e. The molecule has 0 bridgehead atoms. The standard InChI is InChI=1S/C24H29ClN4O4S/c1-18(27-34(31,32)22-10-9-21(25)24-20(22)8-11-23(30)26-24)29-15-13-28(14-16-29)12-5-17-33-19-6-3-2-4-7-19/h2-4,6-11,18,27H,5,12-17H2,1H3,(H,26,30). The Labute approximate surface area is 204 Å². The molecule has 8 nitrogen and oxygen atoms in total. The van der Waals surface area contributed by atoms with E-state index in [2.05, 4.69) is 19.5 Å². The molecular weight excluding hydrogens is 476 g/mol. The van der Waals surface area contributed by atoms with Gasteiger partial charge in [0.05, 0.1) is 28.2 Å². The highest BCUT2D eigenvalue weighted by atomic mass is 35.5. The molecular formula is C24H29ClN4O4S. The molecule has 1 unspecified atom stereocenters. The van der Waals surface area contributed by atoms with E-state index in [9.17, 15) is 13.2 Å². The molecule has 1 aromatic heterocycles. The van der Waals surface area contributed by atoms with Gasteiger partial charge in [0.15, 0.2) is 0 Å². The first-order valence-electron chi connectivity index (χ1n) is 11.3. The fourth-order valence-corrected chi connectivity index (χ4v) is 5.80. The summed E-state index contributed by atoms with van der Waals surface area (Å²) in [4.78, 5) is 18.9. The molecule has 1 saturated heterocycles. The first-order chi connectivity index (χ1) is 16.3. The summed E-state index contributed by atoms with van der Waals surface area (Å²) >= 11 is 6.16. The zero-order chi connectivity index (χ0) is 24.1. The molecule has 1 aliphatic heterocycles. The number of nitrogens with one attached hydrogen (secondary N) is 2. The maximum Gasteiger partial charge on any atom is 0.248 e. The number of benzene rings is 2. The van der Waals surface area contributed by atoms with Crippen molar-refractivity contribution < 1.29 is 13.2 Å². The Morgan fingerprint density at radius 1 is 1.06 bits per heavy atom. The van der Waals surface area contributed by atoms with Crippen molar-refractivity contribution in [3.8, 4) is 5.75 Å². The second-order valence-electron chi connectivity index (χ2n) is 8.35. The van der Waals surface area contributed by atoms with Gasteiger partial charge in [-0.15, -0.1) is 0 Å². The van der Waals surface area contributed by atoms with Crippen LogP contribution in [0.5, 0.6) is 5.75 Å². The number of aromatic amines is 1. The van der Waals surface area contributed by atoms with Crippen molar-refractivity contribution in [1.29, 1.82) is 0 Å². The van der Waals surface area contributed by atoms with Crippen LogP contribution < -0.4 is 15.0 Å². The topological polar surface area (TPSA) is 94.7 Å². The molecule has 10 heteroatoms. The highest BCUT2D eigenvalue weighted by Gasteiger charge is 2.26. The lowest BCUT2D eigenvalue weighted by Gasteiger charge is -2.38. The van der Waals surface area contributed by atoms with Crippen molar-refractivity contribution in [1.82, 2.24) is 19.5 Å². The number of ether oxygens (including phenoxy) is 1. The molecule has 0 amide bonds. The molecule has 2 aromatic carbocycles. The number of sulfonamides is 1. The average molecular weight is 505 g/mol. The van der Waals surface area contributed by atoms with Gasteiger partial charge in [0.25, 0.3) is 0 Å². The number of H-pyrrole nitrogens is 1. The van der Waals surface area contributed by atoms with Crippen LogP contribution in [0.15, 0.2) is 64.3 Å². The van der Waals surface area contributed by atoms with Gasteiger partial charge in [-0.05, 0) is 43.7 Å². The van der Waals surface area contributed by atoms with E-state index in [1.54, 1.807) is 0 Å². The van der Waals surface area contributed by atoms with E-state index < -0.39 is 10.0 Å². The van der Waals surface area contributed by atoms with Crippen LogP contribution in [-0.4, -0.2) is 68.7 Å². The molecule has 182 valence electrons. The predicted molar refractivity (Wildman–Crippen MR) is 134 cm³/mol. The van der Waals surface area contributed by atoms with Crippen LogP contribution >= 0.6 is 11.6 Å². The molecule has 0 spiro atoms. The minimum absolute atomic E-state index is 0.0899. The Balaban J connectivity index is 1.30. The Kier molecular flexibility index (Phi) is 7.90. The van der Waals surface area contributed by atoms with Gasteiger partial charge in [-0.2, -0.15) is 4.72 Å². The van der Waals surface area contributed by atoms with Crippen LogP contribution in [-0.2, 0) is 10.0 Å². The number of para-hydroxylation sites is 1. The number of halogens is 1. The molecule has 34 heavy (non-hydrogen) atoms. The summed E-state index contributed by atoms with van der Waals surface area (Å²) in [5.41, 5.74) is -0.0238. The first-order valence-corrected chi connectivity index (χ1v) is 13.2. The van der Waals surface area contributed by atoms with Crippen molar-refractivity contribution in [3.05, 3.63) is 70.0 Å². The lowest BCUT2D eigenvalue weighted by atomic mass is 10.2. The predicted octanol–water partition coefficient (Wildman–Crippen LogP) is 2.89. The summed E-state index contributed by atoms with van der Waals surface area (Å²) < 4.78 is 34.8. The van der Waals surface area contributed by atoms with Gasteiger partial charge < -0.3 is 14.6 Å². The molecule has 1 aliphatic rings. The van der Waals surface area contributed by atoms with Crippen molar-refractivity contribution in [3.63, 3.8) is 0 Å². The first kappa shape index (κ1) is 24.7. The van der Waals surface area contributed by atoms with Gasteiger partial charge in [-0.25, -0.2) is 8.42 Å². The Hall–Kier alpha value is -2.43. The molecule has 1 atom stereocenters. The van der Waals surface area contributed by atoms with E-state index >= 15 is 0 Å². The lowest BCUT2D eigenvalue weighted by molar-refractivity contribution is 0.0943. The minimum Gasteiger partial charge on any atom is -0.494 e. The monoisotopic (exact) mass is 504 g/mol. The zero-order valence-electron chi connectivity index (χ0n) is 19.0. The number of pyridine rings is 1. The average Bonchev–Trinajstić information content (AvgIpc) is 2.83. The lowest BCUT2D eigenvalue weighted by Crippen LogP contribution is -2.54. The fourth-order valence-electron chi connectivity index (χ4n) is 4.16. The highest BCUT2D eigenvalue weighted by molar-refractivity contribution is 7.89. The molecule has 0 radical (unpaired) electrons. The second kappa shape index (κ2) is 10.9. The molecule has 3 aromatic rings. The number of aromatic nitrogens is 1. The zero-order valence-corrected chi connectivity index (χ0v) is 20.6. The van der Waals surface area contributed by atoms with Crippen LogP contribution in [0, 0.1) is 0 Å². The van der Waals surface area contributed by atoms with E-state index in [4.69, 9.17) is 16.3 Å². The van der Waals surface area contributed by atoms with Gasteiger partial charge >= 0.3 is 0 Å². The third kappa shape index (κ3) is 5.97. The van der Waals surface area contributed by atoms with Crippen molar-refractivity contribution in [2.24, 2.45) is 0 Å². The summed E-state index contributed by atoms with van der Waals surface area (Å²) in [6.45, 7) is 6.71. The normalized spacial score (nSPS) is 16.5. The maximum atomic E-state index is 13.2. The fraction of sp³-hybridized carbons (Fsp3) is 0.375. The van der Waals surface area contributed by atoms with Crippen LogP contribution in [0.3, 0.4) is 0 Å². The summed E-state index contributed by atoms with van der Waals surface area (Å²) in [7, 11) is -3.83. The molecule has 4 rings (SSSR count). The van der Waals surface area contributed by atoms with Gasteiger partial charge in [0, 0.05) is 44.2 Å². The van der Waals surface area contributed by atoms with Gasteiger partial charge in [-0.3, -0.25) is 9.69 Å². The van der Waals surface area contributed by atoms with Gasteiger partial charge in [-0.1, -0.05) is 29.8 Å². The summed E-state index contributed by atoms with van der Waals surface area (Å²) in [6, 6.07) is 15.5. The van der Waals surface area contributed by atoms with Gasteiger partial charge in [0.1, 0.15) is 5.75 Å². The van der Waals surface area contributed by atoms with Crippen LogP contribution in [0.4, 0.5) is 0 Å². The molecule has 2 heterocycles. The number of piperazine rings is 1. The Morgan fingerprint density at radius 2 is 1.79 bits per heavy atom. The summed E-state index contributed by atoms with van der Waals surface area (Å²) in [5, 5.41) is 0.680. The molecule has 2 N–H and O–H groups in total. The van der Waals surface area contributed by atoms with Crippen LogP contribution in [0.2, 0.25) is 5.02 Å². The van der Waals surface area contributed by atoms with Crippen molar-refractivity contribution in [2.75, 3.05) is 39.3 Å². The smallest absolute Gasteiger partial charge is 0.248 e. The van der Waals surface area contributed by atoms with Crippen molar-refractivity contribution in [2.45, 2.75) is 24.4 Å². The number of hydrogen-bond donors (Lipinski definition) is 2. The van der Waals surface area contributed by atoms with Crippen LogP contribution in [0.1, 0.15) is 13.3 Å². The third-order valence-electron chi connectivity index (χ3n) is 6.00. The number of fused-ring (bicyclic) bond motifs is 1. The highest BCUT2D eigenvalue weighted by Crippen LogP contribution is 2.27. The van der Waals surface area contributed by atoms with E-state index in [1.165, 1.54) is 24.3 Å². The summed E-state index contributed by atoms with van der Waals surface area (Å²) in [5.74, 6) is 0.883. The quantitative estimate of drug-likeness (QED) is 0.435. The van der Waals surface area contributed by atoms with E-state index in [1.807, 2.05) is 37.3 Å². The second-order valence-corrected chi connectivity index (χ2v) is 10.4. The third-order valence-corrected chi connectivity index (χ3v) is 7.91. The van der Waals surface area contributed by atoms with Crippen molar-refractivity contribution >= 4 is 32.5 Å². The Bertz CT molecular complexity index is 1280. The number of rotatable bonds is 9. The Morgan fingerprint density at radius 3 is 2.53 bits per heavy atom. The minimum atomic E-state index is -3.83. The molecule has 1 fully saturated rings. The van der Waals surface area contributed by atoms with Crippen LogP contribution in [0.25, 0.3) is 10.9 Å². The van der Waals surface area contributed by atoms with E-state index in [0.29, 0.717) is 22.5 Å². The number of hydrogen-bond acceptors (Lipinski definition) is 6.